The first-order chi connectivity index (χ1) is 51.4. The van der Waals surface area contributed by atoms with Gasteiger partial charge in [-0.1, -0.05) is 71.7 Å². The van der Waals surface area contributed by atoms with Crippen molar-refractivity contribution in [2.75, 3.05) is 33.4 Å². The summed E-state index contributed by atoms with van der Waals surface area (Å²) < 4.78 is 0. The van der Waals surface area contributed by atoms with Crippen molar-refractivity contribution < 1.29 is 118 Å². The first kappa shape index (κ1) is 95.4. The first-order valence-corrected chi connectivity index (χ1v) is 35.9. The Bertz CT molecular complexity index is 3530. The molecule has 110 heavy (non-hydrogen) atoms. The average molecular weight is 1560 g/mol. The number of hydrogen-bond donors (Lipinski definition) is 23. The highest BCUT2D eigenvalue weighted by atomic mass is 16.4. The van der Waals surface area contributed by atoms with E-state index in [-0.39, 0.29) is 55.7 Å². The Morgan fingerprint density at radius 1 is 0.445 bits per heavy atom. The molecule has 2 aromatic carbocycles. The molecule has 614 valence electrons. The molecule has 0 aliphatic rings. The molecule has 39 nitrogen and oxygen atoms in total. The van der Waals surface area contributed by atoms with Gasteiger partial charge in [-0.3, -0.25) is 71.9 Å². The number of hydrogen-bond acceptors (Lipinski definition) is 23. The van der Waals surface area contributed by atoms with E-state index < -0.39 is 235 Å². The van der Waals surface area contributed by atoms with Crippen LogP contribution in [0.1, 0.15) is 145 Å². The van der Waals surface area contributed by atoms with Gasteiger partial charge in [0.25, 0.3) is 0 Å². The summed E-state index contributed by atoms with van der Waals surface area (Å²) in [5.74, 6) is -20.1. The second-order valence-electron chi connectivity index (χ2n) is 28.0. The number of aromatic hydroxyl groups is 2. The molecule has 13 amide bonds. The van der Waals surface area contributed by atoms with Gasteiger partial charge in [0.05, 0.1) is 38.3 Å². The first-order valence-electron chi connectivity index (χ1n) is 35.9. The van der Waals surface area contributed by atoms with Crippen molar-refractivity contribution in [2.45, 2.75) is 230 Å². The highest BCUT2D eigenvalue weighted by Crippen LogP contribution is 2.19. The number of carbonyl (C=O) groups excluding carboxylic acids is 13. The number of aliphatic hydroxyl groups is 3. The summed E-state index contributed by atoms with van der Waals surface area (Å²) in [5, 5.41) is 114. The standard InChI is InChI=1S/C71H111N15O24/c1-13-36(4)53(83-68(110)71(11,15-3)86-64(105)55(38(6)89)81-50(92)33-74-56(97)43(27-28-51(93)94)79-66(108)69(7,8)84-61(102)45(73-12)30-39-19-23-41(90)24-20-39)62(103)78-48(34-87)59(100)76-47(32-52(95)96)58(99)75-46(31-40-21-25-42(91)26-22-40)57(98)77-49(35-88)60(101)82-54(37(5)14-2)63(104)85-70(9,10)67(109)80-44(65(106)107)18-16-17-29-72/h19-26,36-38,43-49,53-55,73,87-91H,13-18,27-35,72H2,1-12H3,(H,74,97)(H,75,99)(H,76,100)(H,77,98)(H,78,103)(H,79,108)(H,80,109)(H,81,92)(H,82,101)(H,83,110)(H,84,102)(H,85,104)(H,86,105)(H,93,94)(H,95,96)(H,106,107)/t36-,37-,38+,43-,44-,45-,46-,47-,48-,49-,53-,54-,55-,71-/m0/s1. The van der Waals surface area contributed by atoms with Gasteiger partial charge in [-0.05, 0) is 141 Å². The van der Waals surface area contributed by atoms with Crippen LogP contribution in [-0.2, 0) is 89.6 Å². The summed E-state index contributed by atoms with van der Waals surface area (Å²) in [4.78, 5) is 216. The average Bonchev–Trinajstić information content (AvgIpc) is 0.827. The zero-order valence-corrected chi connectivity index (χ0v) is 63.9. The van der Waals surface area contributed by atoms with Gasteiger partial charge in [0.15, 0.2) is 0 Å². The Morgan fingerprint density at radius 2 is 0.882 bits per heavy atom. The number of nitrogens with one attached hydrogen (secondary N) is 14. The zero-order chi connectivity index (χ0) is 83.7. The normalized spacial score (nSPS) is 15.5. The monoisotopic (exact) mass is 1560 g/mol. The highest BCUT2D eigenvalue weighted by Gasteiger charge is 2.43. The maximum absolute atomic E-state index is 14.3. The molecule has 2 rings (SSSR count). The van der Waals surface area contributed by atoms with Gasteiger partial charge in [0.2, 0.25) is 76.8 Å². The highest BCUT2D eigenvalue weighted by molar-refractivity contribution is 6.02. The Labute approximate surface area is 636 Å². The van der Waals surface area contributed by atoms with Crippen molar-refractivity contribution in [1.82, 2.24) is 74.4 Å². The second-order valence-corrected chi connectivity index (χ2v) is 28.0. The minimum atomic E-state index is -2.12. The van der Waals surface area contributed by atoms with E-state index in [1.54, 1.807) is 32.9 Å². The summed E-state index contributed by atoms with van der Waals surface area (Å²) in [5.41, 5.74) is 0.962. The van der Waals surface area contributed by atoms with Gasteiger partial charge < -0.3 is 121 Å². The molecule has 0 unspecified atom stereocenters. The van der Waals surface area contributed by atoms with Crippen molar-refractivity contribution in [1.29, 1.82) is 0 Å². The van der Waals surface area contributed by atoms with Crippen LogP contribution in [0.15, 0.2) is 48.5 Å². The van der Waals surface area contributed by atoms with E-state index in [1.807, 2.05) is 0 Å². The lowest BCUT2D eigenvalue weighted by Crippen LogP contribution is -2.65. The molecule has 39 heteroatoms. The van der Waals surface area contributed by atoms with E-state index >= 15 is 0 Å². The molecule has 0 aliphatic heterocycles. The van der Waals surface area contributed by atoms with Crippen LogP contribution < -0.4 is 80.2 Å². The molecule has 0 aromatic heterocycles. The Morgan fingerprint density at radius 3 is 1.34 bits per heavy atom. The van der Waals surface area contributed by atoms with Crippen molar-refractivity contribution in [3.63, 3.8) is 0 Å². The molecular weight excluding hydrogens is 1450 g/mol. The van der Waals surface area contributed by atoms with Gasteiger partial charge in [-0.25, -0.2) is 4.79 Å². The fourth-order valence-electron chi connectivity index (χ4n) is 10.5. The summed E-state index contributed by atoms with van der Waals surface area (Å²) in [7, 11) is 1.51. The largest absolute Gasteiger partial charge is 0.508 e. The molecule has 0 heterocycles. The van der Waals surface area contributed by atoms with Crippen LogP contribution >= 0.6 is 0 Å². The molecule has 0 saturated heterocycles. The van der Waals surface area contributed by atoms with Gasteiger partial charge in [0.1, 0.15) is 82.5 Å². The molecule has 0 bridgehead atoms. The number of unbranched alkanes of at least 4 members (excludes halogenated alkanes) is 1. The van der Waals surface area contributed by atoms with Crippen LogP contribution in [0.2, 0.25) is 0 Å². The second kappa shape index (κ2) is 45.4. The number of aliphatic hydroxyl groups excluding tert-OH is 3. The van der Waals surface area contributed by atoms with E-state index in [0.717, 1.165) is 6.92 Å². The molecule has 0 aliphatic carbocycles. The molecular formula is C71H111N15O24. The van der Waals surface area contributed by atoms with Crippen LogP contribution in [0.5, 0.6) is 11.5 Å². The van der Waals surface area contributed by atoms with E-state index in [1.165, 1.54) is 91.9 Å². The fourth-order valence-corrected chi connectivity index (χ4v) is 10.5. The number of nitrogens with two attached hydrogens (primary N) is 1. The molecule has 0 fully saturated rings. The van der Waals surface area contributed by atoms with E-state index in [4.69, 9.17) is 5.73 Å². The number of likely N-dealkylation sites (N-methyl/N-ethyl adjacent to an activating group) is 1. The van der Waals surface area contributed by atoms with Crippen LogP contribution in [0.3, 0.4) is 0 Å². The number of amides is 13. The molecule has 0 spiro atoms. The zero-order valence-electron chi connectivity index (χ0n) is 63.9. The Balaban J connectivity index is 2.34. The van der Waals surface area contributed by atoms with Crippen LogP contribution in [-0.4, -0.2) is 252 Å². The summed E-state index contributed by atoms with van der Waals surface area (Å²) >= 11 is 0. The number of carboxylic acids is 3. The molecule has 24 N–H and O–H groups in total. The van der Waals surface area contributed by atoms with E-state index in [0.29, 0.717) is 18.4 Å². The summed E-state index contributed by atoms with van der Waals surface area (Å²) in [6.45, 7) is 12.3. The quantitative estimate of drug-likeness (QED) is 0.0276. The third kappa shape index (κ3) is 31.1. The predicted molar refractivity (Wildman–Crippen MR) is 393 cm³/mol. The lowest BCUT2D eigenvalue weighted by atomic mass is 9.93. The van der Waals surface area contributed by atoms with Crippen LogP contribution in [0.25, 0.3) is 0 Å². The van der Waals surface area contributed by atoms with Crippen LogP contribution in [0.4, 0.5) is 0 Å². The third-order valence-corrected chi connectivity index (χ3v) is 18.2. The number of phenols is 2. The fraction of sp³-hybridized carbons (Fsp3) is 0.606. The lowest BCUT2D eigenvalue weighted by Gasteiger charge is -2.34. The lowest BCUT2D eigenvalue weighted by molar-refractivity contribution is -0.143. The maximum Gasteiger partial charge on any atom is 0.326 e. The summed E-state index contributed by atoms with van der Waals surface area (Å²) in [6, 6.07) is -5.40. The molecule has 0 radical (unpaired) electrons. The van der Waals surface area contributed by atoms with Gasteiger partial charge >= 0.3 is 17.9 Å². The maximum atomic E-state index is 14.3. The number of carboxylic acid groups (broad SMARTS) is 3. The smallest absolute Gasteiger partial charge is 0.326 e. The minimum Gasteiger partial charge on any atom is -0.508 e. The number of aliphatic carboxylic acids is 3. The number of rotatable bonds is 49. The summed E-state index contributed by atoms with van der Waals surface area (Å²) in [6.07, 6.45) is -3.36. The number of phenolic OH excluding ortho intramolecular Hbond substituents is 2. The number of benzene rings is 2. The van der Waals surface area contributed by atoms with Crippen molar-refractivity contribution in [2.24, 2.45) is 17.6 Å². The van der Waals surface area contributed by atoms with Crippen molar-refractivity contribution in [3.05, 3.63) is 59.7 Å². The predicted octanol–water partition coefficient (Wildman–Crippen LogP) is -4.96. The minimum absolute atomic E-state index is 0.00308. The van der Waals surface area contributed by atoms with Gasteiger partial charge in [-0.2, -0.15) is 0 Å². The Kier molecular flexibility index (Phi) is 39.4. The van der Waals surface area contributed by atoms with Gasteiger partial charge in [-0.15, -0.1) is 0 Å². The molecule has 14 atom stereocenters. The van der Waals surface area contributed by atoms with Crippen LogP contribution in [0, 0.1) is 11.8 Å². The SMILES string of the molecule is CC[C@H](C)[C@H](NC(=O)[C@H](CO)NC(=O)[C@H](Cc1ccc(O)cc1)NC(=O)[C@H](CC(=O)O)NC(=O)[C@H](CO)NC(=O)[C@@H](NC(=O)[C@](C)(CC)NC(=O)[C@@H](NC(=O)CNC(=O)[C@H](CCC(=O)O)NC(=O)C(C)(C)NC(=O)[C@H](Cc1ccc(O)cc1)NC)[C@@H](C)O)[C@@H](C)CC)C(=O)NC(C)(C)C(=O)N[C@@H](CCCCN)C(=O)O. The van der Waals surface area contributed by atoms with E-state index in [9.17, 15) is 118 Å². The van der Waals surface area contributed by atoms with Crippen molar-refractivity contribution >= 4 is 94.7 Å². The third-order valence-electron chi connectivity index (χ3n) is 18.2. The molecule has 2 aromatic rings. The Hall–Kier alpha value is -10.6. The number of carbonyl (C=O) groups is 16. The topological polar surface area (TPSA) is 629 Å². The molecule has 0 saturated carbocycles. The van der Waals surface area contributed by atoms with Crippen molar-refractivity contribution in [3.8, 4) is 11.5 Å². The van der Waals surface area contributed by atoms with E-state index in [2.05, 4.69) is 74.4 Å². The van der Waals surface area contributed by atoms with Gasteiger partial charge in [0, 0.05) is 12.8 Å².